The van der Waals surface area contributed by atoms with Crippen LogP contribution in [0.2, 0.25) is 0 Å². The van der Waals surface area contributed by atoms with Gasteiger partial charge in [-0.25, -0.2) is 0 Å². The summed E-state index contributed by atoms with van der Waals surface area (Å²) in [5.41, 5.74) is -0.321. The van der Waals surface area contributed by atoms with Crippen molar-refractivity contribution in [3.05, 3.63) is 0 Å². The number of hydrogen-bond acceptors (Lipinski definition) is 2. The molecule has 0 amide bonds. The van der Waals surface area contributed by atoms with Crippen molar-refractivity contribution in [3.8, 4) is 0 Å². The Balaban J connectivity index is 4.04. The minimum absolute atomic E-state index is 0.194. The van der Waals surface area contributed by atoms with Crippen molar-refractivity contribution in [1.29, 1.82) is 0 Å². The first-order chi connectivity index (χ1) is 3.85. The molecule has 9 heavy (non-hydrogen) atoms. The predicted octanol–water partition coefficient (Wildman–Crippen LogP) is 1.35. The van der Waals surface area contributed by atoms with E-state index in [2.05, 4.69) is 0 Å². The summed E-state index contributed by atoms with van der Waals surface area (Å²) in [6.45, 7) is 5.48. The minimum Gasteiger partial charge on any atom is -0.384 e. The Bertz CT molecular complexity index is 115. The van der Waals surface area contributed by atoms with Crippen molar-refractivity contribution in [2.75, 3.05) is 0 Å². The molecule has 2 nitrogen and oxygen atoms in total. The molecule has 0 saturated carbocycles. The van der Waals surface area contributed by atoms with Gasteiger partial charge in [0, 0.05) is 22.6 Å². The van der Waals surface area contributed by atoms with E-state index in [0.717, 1.165) is 0 Å². The molecule has 0 aliphatic heterocycles. The molecule has 0 aliphatic rings. The molecule has 1 atom stereocenters. The molecule has 0 aromatic heterocycles. The first-order valence-electron chi connectivity index (χ1n) is 2.73. The van der Waals surface area contributed by atoms with Gasteiger partial charge in [0.05, 0.1) is 0 Å². The highest BCUT2D eigenvalue weighted by molar-refractivity contribution is 14.1. The van der Waals surface area contributed by atoms with Gasteiger partial charge >= 0.3 is 0 Å². The highest BCUT2D eigenvalue weighted by Crippen LogP contribution is 2.21. The fourth-order valence-corrected chi connectivity index (χ4v) is 1.27. The molecule has 1 N–H and O–H groups in total. The molecule has 0 aromatic rings. The molecular formula is C6H11IO2. The maximum atomic E-state index is 10.5. The van der Waals surface area contributed by atoms with Gasteiger partial charge in [-0.15, -0.1) is 0 Å². The average molecular weight is 242 g/mol. The zero-order valence-corrected chi connectivity index (χ0v) is 7.97. The molecule has 0 spiro atoms. The van der Waals surface area contributed by atoms with Crippen LogP contribution in [0.15, 0.2) is 0 Å². The molecule has 0 bridgehead atoms. The van der Waals surface area contributed by atoms with Gasteiger partial charge in [0.15, 0.2) is 0 Å². The van der Waals surface area contributed by atoms with Crippen molar-refractivity contribution in [2.45, 2.75) is 26.9 Å². The van der Waals surface area contributed by atoms with E-state index in [9.17, 15) is 4.79 Å². The number of aliphatic hydroxyl groups is 1. The molecule has 0 saturated heterocycles. The van der Waals surface area contributed by atoms with E-state index >= 15 is 0 Å². The highest BCUT2D eigenvalue weighted by atomic mass is 127. The van der Waals surface area contributed by atoms with E-state index in [1.54, 1.807) is 22.6 Å². The molecule has 54 valence electrons. The monoisotopic (exact) mass is 242 g/mol. The van der Waals surface area contributed by atoms with Crippen molar-refractivity contribution in [2.24, 2.45) is 5.41 Å². The van der Waals surface area contributed by atoms with Crippen molar-refractivity contribution in [1.82, 2.24) is 0 Å². The lowest BCUT2D eigenvalue weighted by atomic mass is 9.90. The maximum absolute atomic E-state index is 10.5. The van der Waals surface area contributed by atoms with Crippen molar-refractivity contribution in [3.63, 3.8) is 0 Å². The first kappa shape index (κ1) is 9.36. The van der Waals surface area contributed by atoms with Crippen molar-refractivity contribution >= 4 is 26.4 Å². The Morgan fingerprint density at radius 3 is 1.89 bits per heavy atom. The van der Waals surface area contributed by atoms with Crippen LogP contribution in [0.25, 0.3) is 0 Å². The quantitative estimate of drug-likeness (QED) is 0.556. The number of hydrogen-bond donors (Lipinski definition) is 1. The second-order valence-electron chi connectivity index (χ2n) is 3.07. The number of carbonyl (C=O) groups is 1. The fourth-order valence-electron chi connectivity index (χ4n) is 0.340. The molecule has 0 unspecified atom stereocenters. The van der Waals surface area contributed by atoms with E-state index < -0.39 is 6.10 Å². The van der Waals surface area contributed by atoms with Gasteiger partial charge in [0.25, 0.3) is 0 Å². The van der Waals surface area contributed by atoms with E-state index in [0.29, 0.717) is 0 Å². The average Bonchev–Trinajstić information content (AvgIpc) is 1.62. The van der Waals surface area contributed by atoms with Crippen molar-refractivity contribution < 1.29 is 9.90 Å². The normalized spacial score (nSPS) is 15.2. The lowest BCUT2D eigenvalue weighted by molar-refractivity contribution is -0.121. The Labute approximate surface area is 68.8 Å². The van der Waals surface area contributed by atoms with Crippen LogP contribution < -0.4 is 0 Å². The summed E-state index contributed by atoms with van der Waals surface area (Å²) < 4.78 is -0.194. The maximum Gasteiger partial charge on any atom is 0.221 e. The van der Waals surface area contributed by atoms with Gasteiger partial charge in [-0.05, 0) is 5.41 Å². The van der Waals surface area contributed by atoms with Crippen LogP contribution in [-0.4, -0.2) is 15.0 Å². The van der Waals surface area contributed by atoms with Gasteiger partial charge < -0.3 is 5.11 Å². The number of halogens is 1. The summed E-state index contributed by atoms with van der Waals surface area (Å²) in [6, 6.07) is 0. The number of carbonyl (C=O) groups excluding carboxylic acids is 1. The second kappa shape index (κ2) is 2.96. The van der Waals surface area contributed by atoms with Gasteiger partial charge in [-0.3, -0.25) is 4.79 Å². The molecule has 0 fully saturated rings. The lowest BCUT2D eigenvalue weighted by Gasteiger charge is -2.21. The van der Waals surface area contributed by atoms with Gasteiger partial charge in [-0.1, -0.05) is 20.8 Å². The van der Waals surface area contributed by atoms with Gasteiger partial charge in [0.2, 0.25) is 3.79 Å². The lowest BCUT2D eigenvalue weighted by Crippen LogP contribution is -2.30. The molecule has 0 rings (SSSR count). The Morgan fingerprint density at radius 2 is 1.89 bits per heavy atom. The standard InChI is InChI=1S/C6H11IO2/c1-6(2,3)4(8)5(7)9/h4,8H,1-3H3/t4-/m1/s1. The molecule has 0 radical (unpaired) electrons. The third kappa shape index (κ3) is 3.15. The van der Waals surface area contributed by atoms with E-state index in [-0.39, 0.29) is 9.20 Å². The van der Waals surface area contributed by atoms with Crippen LogP contribution in [0, 0.1) is 5.41 Å². The molecule has 0 aromatic carbocycles. The third-order valence-electron chi connectivity index (χ3n) is 1.04. The summed E-state index contributed by atoms with van der Waals surface area (Å²) in [7, 11) is 0. The minimum atomic E-state index is -0.835. The van der Waals surface area contributed by atoms with Crippen LogP contribution >= 0.6 is 22.6 Å². The highest BCUT2D eigenvalue weighted by Gasteiger charge is 2.26. The second-order valence-corrected chi connectivity index (χ2v) is 4.14. The van der Waals surface area contributed by atoms with E-state index in [1.165, 1.54) is 0 Å². The number of rotatable bonds is 1. The molecule has 0 heterocycles. The Hall–Kier alpha value is 0.360. The van der Waals surface area contributed by atoms with Gasteiger partial charge in [-0.2, -0.15) is 0 Å². The topological polar surface area (TPSA) is 37.3 Å². The molecule has 3 heteroatoms. The SMILES string of the molecule is CC(C)(C)[C@H](O)C(=O)I. The van der Waals surface area contributed by atoms with Gasteiger partial charge in [0.1, 0.15) is 6.10 Å². The zero-order valence-electron chi connectivity index (χ0n) is 5.81. The van der Waals surface area contributed by atoms with Crippen LogP contribution in [0.3, 0.4) is 0 Å². The third-order valence-corrected chi connectivity index (χ3v) is 1.63. The molecule has 0 aliphatic carbocycles. The number of aliphatic hydroxyl groups excluding tert-OH is 1. The fraction of sp³-hybridized carbons (Fsp3) is 0.833. The first-order valence-corrected chi connectivity index (χ1v) is 3.81. The summed E-state index contributed by atoms with van der Waals surface area (Å²) >= 11 is 1.60. The van der Waals surface area contributed by atoms with Crippen LogP contribution in [-0.2, 0) is 4.79 Å². The predicted molar refractivity (Wildman–Crippen MR) is 44.5 cm³/mol. The van der Waals surface area contributed by atoms with E-state index in [1.807, 2.05) is 20.8 Å². The summed E-state index contributed by atoms with van der Waals surface area (Å²) in [4.78, 5) is 10.5. The molecular weight excluding hydrogens is 231 g/mol. The van der Waals surface area contributed by atoms with E-state index in [4.69, 9.17) is 5.11 Å². The summed E-state index contributed by atoms with van der Waals surface area (Å²) in [5, 5.41) is 9.11. The Kier molecular flexibility index (Phi) is 3.08. The largest absolute Gasteiger partial charge is 0.384 e. The van der Waals surface area contributed by atoms with Crippen LogP contribution in [0.1, 0.15) is 20.8 Å². The van der Waals surface area contributed by atoms with Crippen LogP contribution in [0.5, 0.6) is 0 Å². The smallest absolute Gasteiger partial charge is 0.221 e. The summed E-state index contributed by atoms with van der Waals surface area (Å²) in [5.74, 6) is 0. The zero-order chi connectivity index (χ0) is 7.65. The summed E-state index contributed by atoms with van der Waals surface area (Å²) in [6.07, 6.45) is -0.835. The Morgan fingerprint density at radius 1 is 1.56 bits per heavy atom. The van der Waals surface area contributed by atoms with Crippen LogP contribution in [0.4, 0.5) is 0 Å².